The number of benzene rings is 3. The lowest BCUT2D eigenvalue weighted by Gasteiger charge is -2.27. The van der Waals surface area contributed by atoms with E-state index in [2.05, 4.69) is 20.0 Å². The summed E-state index contributed by atoms with van der Waals surface area (Å²) in [6.07, 6.45) is 3.06. The van der Waals surface area contributed by atoms with Crippen molar-refractivity contribution in [2.45, 2.75) is 44.4 Å². The van der Waals surface area contributed by atoms with Gasteiger partial charge in [0.05, 0.1) is 15.9 Å². The highest BCUT2D eigenvalue weighted by Crippen LogP contribution is 2.30. The summed E-state index contributed by atoms with van der Waals surface area (Å²) in [6.45, 7) is 4.47. The number of fused-ring (bicyclic) bond motifs is 2. The predicted molar refractivity (Wildman–Crippen MR) is 139 cm³/mol. The molecule has 0 atom stereocenters. The number of anilines is 1. The highest BCUT2D eigenvalue weighted by atomic mass is 32.2. The molecule has 35 heavy (non-hydrogen) atoms. The third-order valence-corrected chi connectivity index (χ3v) is 8.57. The molecule has 1 saturated carbocycles. The number of carbonyl (C=O) groups is 1. The maximum atomic E-state index is 12.8. The predicted octanol–water partition coefficient (Wildman–Crippen LogP) is 5.06. The first-order valence-corrected chi connectivity index (χ1v) is 13.5. The molecule has 1 aliphatic carbocycles. The minimum atomic E-state index is -3.58. The minimum Gasteiger partial charge on any atom is -0.324 e. The summed E-state index contributed by atoms with van der Waals surface area (Å²) in [6, 6.07) is 16.9. The number of sulfonamides is 1. The second kappa shape index (κ2) is 9.43. The standard InChI is InChI=1S/C27H30N4O3S/c1-17-13-24-25(14-18(17)2)30-27(29-24)31-26(32)21-9-7-19(8-10-21)16-28-35(33,34)23-12-11-20-5-3-4-6-22(20)15-23/h3-6,11-15,19,21,28H,7-10,16H2,1-2H3,(H2,29,30,31,32). The molecule has 1 aromatic heterocycles. The molecule has 7 nitrogen and oxygen atoms in total. The van der Waals surface area contributed by atoms with Crippen molar-refractivity contribution in [2.24, 2.45) is 11.8 Å². The monoisotopic (exact) mass is 490 g/mol. The zero-order valence-corrected chi connectivity index (χ0v) is 20.8. The van der Waals surface area contributed by atoms with E-state index in [9.17, 15) is 13.2 Å². The Bertz CT molecular complexity index is 1460. The van der Waals surface area contributed by atoms with Crippen molar-refractivity contribution in [1.82, 2.24) is 14.7 Å². The first-order chi connectivity index (χ1) is 16.8. The number of carbonyl (C=O) groups excluding carboxylic acids is 1. The Hall–Kier alpha value is -3.23. The van der Waals surface area contributed by atoms with Crippen LogP contribution in [0.1, 0.15) is 36.8 Å². The van der Waals surface area contributed by atoms with Gasteiger partial charge in [-0.3, -0.25) is 10.1 Å². The van der Waals surface area contributed by atoms with Crippen LogP contribution in [0.25, 0.3) is 21.8 Å². The van der Waals surface area contributed by atoms with E-state index in [0.717, 1.165) is 53.1 Å². The second-order valence-corrected chi connectivity index (χ2v) is 11.4. The van der Waals surface area contributed by atoms with Gasteiger partial charge in [-0.25, -0.2) is 18.1 Å². The number of aromatic nitrogens is 2. The van der Waals surface area contributed by atoms with Crippen LogP contribution >= 0.6 is 0 Å². The van der Waals surface area contributed by atoms with E-state index in [1.807, 2.05) is 56.3 Å². The smallest absolute Gasteiger partial charge is 0.240 e. The third kappa shape index (κ3) is 5.09. The van der Waals surface area contributed by atoms with Gasteiger partial charge in [-0.2, -0.15) is 0 Å². The number of aryl methyl sites for hydroxylation is 2. The lowest BCUT2D eigenvalue weighted by atomic mass is 9.81. The minimum absolute atomic E-state index is 0.0345. The summed E-state index contributed by atoms with van der Waals surface area (Å²) >= 11 is 0. The van der Waals surface area contributed by atoms with E-state index in [1.165, 1.54) is 5.56 Å². The molecular weight excluding hydrogens is 460 g/mol. The average molecular weight is 491 g/mol. The van der Waals surface area contributed by atoms with Gasteiger partial charge in [-0.1, -0.05) is 30.3 Å². The van der Waals surface area contributed by atoms with E-state index in [1.54, 1.807) is 12.1 Å². The van der Waals surface area contributed by atoms with Crippen LogP contribution in [0.3, 0.4) is 0 Å². The van der Waals surface area contributed by atoms with Crippen LogP contribution in [0.15, 0.2) is 59.5 Å². The van der Waals surface area contributed by atoms with Crippen molar-refractivity contribution < 1.29 is 13.2 Å². The Balaban J connectivity index is 1.14. The van der Waals surface area contributed by atoms with Gasteiger partial charge in [0.15, 0.2) is 0 Å². The first kappa shape index (κ1) is 23.5. The number of amides is 1. The van der Waals surface area contributed by atoms with Gasteiger partial charge in [0.1, 0.15) is 0 Å². The SMILES string of the molecule is Cc1cc2nc(NC(=O)C3CCC(CNS(=O)(=O)c4ccc5ccccc5c4)CC3)[nH]c2cc1C. The molecule has 0 unspecified atom stereocenters. The van der Waals surface area contributed by atoms with Gasteiger partial charge >= 0.3 is 0 Å². The molecule has 1 heterocycles. The fourth-order valence-corrected chi connectivity index (χ4v) is 5.97. The van der Waals surface area contributed by atoms with Gasteiger partial charge in [0.2, 0.25) is 21.9 Å². The molecule has 3 aromatic carbocycles. The quantitative estimate of drug-likeness (QED) is 0.352. The van der Waals surface area contributed by atoms with Gasteiger partial charge in [0, 0.05) is 12.5 Å². The van der Waals surface area contributed by atoms with Crippen molar-refractivity contribution in [2.75, 3.05) is 11.9 Å². The summed E-state index contributed by atoms with van der Waals surface area (Å²) in [5, 5.41) is 4.84. The number of aromatic amines is 1. The second-order valence-electron chi connectivity index (χ2n) is 9.61. The molecular formula is C27H30N4O3S. The molecule has 0 saturated heterocycles. The van der Waals surface area contributed by atoms with Crippen LogP contribution in [0.4, 0.5) is 5.95 Å². The van der Waals surface area contributed by atoms with E-state index in [-0.39, 0.29) is 22.6 Å². The molecule has 4 aromatic rings. The molecule has 1 fully saturated rings. The van der Waals surface area contributed by atoms with Gasteiger partial charge in [-0.15, -0.1) is 0 Å². The lowest BCUT2D eigenvalue weighted by Crippen LogP contribution is -2.33. The third-order valence-electron chi connectivity index (χ3n) is 7.15. The summed E-state index contributed by atoms with van der Waals surface area (Å²) in [4.78, 5) is 20.8. The molecule has 0 spiro atoms. The number of imidazole rings is 1. The van der Waals surface area contributed by atoms with Crippen LogP contribution in [-0.2, 0) is 14.8 Å². The number of H-pyrrole nitrogens is 1. The first-order valence-electron chi connectivity index (χ1n) is 12.0. The molecule has 0 radical (unpaired) electrons. The van der Waals surface area contributed by atoms with Crippen molar-refractivity contribution >= 4 is 43.7 Å². The maximum absolute atomic E-state index is 12.8. The topological polar surface area (TPSA) is 104 Å². The van der Waals surface area contributed by atoms with E-state index in [0.29, 0.717) is 12.5 Å². The van der Waals surface area contributed by atoms with Crippen LogP contribution in [0.5, 0.6) is 0 Å². The Labute approximate surface area is 205 Å². The molecule has 0 bridgehead atoms. The molecule has 5 rings (SSSR count). The van der Waals surface area contributed by atoms with E-state index < -0.39 is 10.0 Å². The maximum Gasteiger partial charge on any atom is 0.240 e. The summed E-state index contributed by atoms with van der Waals surface area (Å²) in [7, 11) is -3.58. The number of nitrogens with one attached hydrogen (secondary N) is 3. The van der Waals surface area contributed by atoms with Crippen molar-refractivity contribution in [3.05, 3.63) is 65.7 Å². The van der Waals surface area contributed by atoms with Crippen molar-refractivity contribution in [1.29, 1.82) is 0 Å². The normalized spacial score (nSPS) is 18.7. The van der Waals surface area contributed by atoms with Crippen LogP contribution in [0.2, 0.25) is 0 Å². The van der Waals surface area contributed by atoms with E-state index in [4.69, 9.17) is 0 Å². The molecule has 1 amide bonds. The summed E-state index contributed by atoms with van der Waals surface area (Å²) < 4.78 is 28.4. The van der Waals surface area contributed by atoms with Gasteiger partial charge in [0.25, 0.3) is 0 Å². The van der Waals surface area contributed by atoms with Gasteiger partial charge < -0.3 is 4.98 Å². The Morgan fingerprint density at radius 2 is 1.69 bits per heavy atom. The summed E-state index contributed by atoms with van der Waals surface area (Å²) in [5.74, 6) is 0.555. The van der Waals surface area contributed by atoms with Gasteiger partial charge in [-0.05, 0) is 91.6 Å². The van der Waals surface area contributed by atoms with Crippen molar-refractivity contribution in [3.8, 4) is 0 Å². The Morgan fingerprint density at radius 3 is 2.46 bits per heavy atom. The Morgan fingerprint density at radius 1 is 0.971 bits per heavy atom. The molecule has 1 aliphatic rings. The number of rotatable bonds is 6. The fourth-order valence-electron chi connectivity index (χ4n) is 4.82. The summed E-state index contributed by atoms with van der Waals surface area (Å²) in [5.41, 5.74) is 4.08. The van der Waals surface area contributed by atoms with E-state index >= 15 is 0 Å². The zero-order chi connectivity index (χ0) is 24.6. The molecule has 0 aliphatic heterocycles. The van der Waals surface area contributed by atoms with Crippen molar-refractivity contribution in [3.63, 3.8) is 0 Å². The van der Waals surface area contributed by atoms with Crippen LogP contribution < -0.4 is 10.0 Å². The number of hydrogen-bond donors (Lipinski definition) is 3. The van der Waals surface area contributed by atoms with Crippen LogP contribution in [0, 0.1) is 25.7 Å². The highest BCUT2D eigenvalue weighted by Gasteiger charge is 2.28. The number of hydrogen-bond acceptors (Lipinski definition) is 4. The molecule has 3 N–H and O–H groups in total. The number of nitrogens with zero attached hydrogens (tertiary/aromatic N) is 1. The lowest BCUT2D eigenvalue weighted by molar-refractivity contribution is -0.121. The zero-order valence-electron chi connectivity index (χ0n) is 20.0. The van der Waals surface area contributed by atoms with Crippen LogP contribution in [-0.4, -0.2) is 30.8 Å². The highest BCUT2D eigenvalue weighted by molar-refractivity contribution is 7.89. The molecule has 182 valence electrons. The Kier molecular flexibility index (Phi) is 6.34. The largest absolute Gasteiger partial charge is 0.324 e. The fraction of sp³-hybridized carbons (Fsp3) is 0.333. The average Bonchev–Trinajstić information content (AvgIpc) is 3.23. The molecule has 8 heteroatoms.